The Kier molecular flexibility index (Phi) is 6.08. The van der Waals surface area contributed by atoms with Crippen molar-refractivity contribution in [2.75, 3.05) is 11.9 Å². The molecule has 0 saturated carbocycles. The predicted octanol–water partition coefficient (Wildman–Crippen LogP) is 5.85. The van der Waals surface area contributed by atoms with Crippen LogP contribution in [-0.2, 0) is 10.2 Å². The molecular formula is C27H27N3O2. The maximum Gasteiger partial charge on any atom is 0.263 e. The molecule has 0 atom stereocenters. The molecule has 0 aliphatic heterocycles. The molecule has 0 aliphatic carbocycles. The molecule has 0 fully saturated rings. The summed E-state index contributed by atoms with van der Waals surface area (Å²) >= 11 is 0. The third kappa shape index (κ3) is 5.06. The van der Waals surface area contributed by atoms with Crippen molar-refractivity contribution in [2.24, 2.45) is 0 Å². The molecule has 0 saturated heterocycles. The van der Waals surface area contributed by atoms with Crippen LogP contribution in [-0.4, -0.2) is 22.3 Å². The second-order valence-corrected chi connectivity index (χ2v) is 8.64. The summed E-state index contributed by atoms with van der Waals surface area (Å²) in [6, 6.07) is 29.3. The molecule has 0 bridgehead atoms. The number of carbonyl (C=O) groups excluding carboxylic acids is 1. The highest BCUT2D eigenvalue weighted by Gasteiger charge is 2.15. The number of ether oxygens (including phenoxy) is 1. The Balaban J connectivity index is 1.50. The van der Waals surface area contributed by atoms with Crippen molar-refractivity contribution in [1.82, 2.24) is 9.78 Å². The first-order valence-corrected chi connectivity index (χ1v) is 10.6. The van der Waals surface area contributed by atoms with Crippen LogP contribution in [0, 0.1) is 0 Å². The summed E-state index contributed by atoms with van der Waals surface area (Å²) in [5.41, 5.74) is 3.91. The van der Waals surface area contributed by atoms with Gasteiger partial charge in [-0.1, -0.05) is 81.4 Å². The maximum atomic E-state index is 12.7. The topological polar surface area (TPSA) is 56.1 Å². The van der Waals surface area contributed by atoms with Gasteiger partial charge in [0.05, 0.1) is 11.4 Å². The molecule has 1 heterocycles. The van der Waals surface area contributed by atoms with Gasteiger partial charge in [0.25, 0.3) is 5.91 Å². The molecule has 5 nitrogen and oxygen atoms in total. The van der Waals surface area contributed by atoms with Crippen molar-refractivity contribution in [3.05, 3.63) is 96.6 Å². The molecule has 1 amide bonds. The van der Waals surface area contributed by atoms with Gasteiger partial charge >= 0.3 is 0 Å². The molecule has 0 spiro atoms. The Labute approximate surface area is 188 Å². The molecule has 162 valence electrons. The fourth-order valence-electron chi connectivity index (χ4n) is 3.37. The van der Waals surface area contributed by atoms with Crippen molar-refractivity contribution in [1.29, 1.82) is 0 Å². The number of hydrogen-bond donors (Lipinski definition) is 1. The summed E-state index contributed by atoms with van der Waals surface area (Å²) < 4.78 is 7.44. The second-order valence-electron chi connectivity index (χ2n) is 8.64. The lowest BCUT2D eigenvalue weighted by Crippen LogP contribution is -2.22. The highest BCUT2D eigenvalue weighted by molar-refractivity contribution is 5.92. The van der Waals surface area contributed by atoms with Gasteiger partial charge < -0.3 is 10.1 Å². The zero-order valence-electron chi connectivity index (χ0n) is 18.6. The van der Waals surface area contributed by atoms with Gasteiger partial charge in [-0.25, -0.2) is 4.68 Å². The van der Waals surface area contributed by atoms with Gasteiger partial charge in [0, 0.05) is 11.6 Å². The fourth-order valence-corrected chi connectivity index (χ4v) is 3.37. The predicted molar refractivity (Wildman–Crippen MR) is 128 cm³/mol. The second kappa shape index (κ2) is 9.10. The number of hydrogen-bond acceptors (Lipinski definition) is 3. The van der Waals surface area contributed by atoms with E-state index in [2.05, 4.69) is 26.1 Å². The number of anilines is 1. The molecule has 4 rings (SSSR count). The molecule has 5 heteroatoms. The minimum atomic E-state index is -0.249. The summed E-state index contributed by atoms with van der Waals surface area (Å²) in [5, 5.41) is 7.66. The van der Waals surface area contributed by atoms with Crippen LogP contribution in [0.4, 0.5) is 5.82 Å². The molecule has 32 heavy (non-hydrogen) atoms. The number of rotatable bonds is 6. The summed E-state index contributed by atoms with van der Waals surface area (Å²) in [6.07, 6.45) is 0. The van der Waals surface area contributed by atoms with E-state index in [1.807, 2.05) is 91.0 Å². The van der Waals surface area contributed by atoms with Crippen LogP contribution in [0.15, 0.2) is 91.0 Å². The van der Waals surface area contributed by atoms with Gasteiger partial charge in [0.15, 0.2) is 6.61 Å². The van der Waals surface area contributed by atoms with Gasteiger partial charge in [0.2, 0.25) is 0 Å². The first-order chi connectivity index (χ1) is 15.4. The number of carbonyl (C=O) groups is 1. The largest absolute Gasteiger partial charge is 0.484 e. The van der Waals surface area contributed by atoms with Crippen molar-refractivity contribution in [3.8, 4) is 22.7 Å². The van der Waals surface area contributed by atoms with Gasteiger partial charge in [0.1, 0.15) is 11.6 Å². The van der Waals surface area contributed by atoms with E-state index in [0.717, 1.165) is 16.9 Å². The van der Waals surface area contributed by atoms with Crippen LogP contribution < -0.4 is 10.1 Å². The molecule has 1 aromatic heterocycles. The monoisotopic (exact) mass is 425 g/mol. The minimum absolute atomic E-state index is 0.0716. The lowest BCUT2D eigenvalue weighted by Gasteiger charge is -2.19. The molecule has 0 radical (unpaired) electrons. The van der Waals surface area contributed by atoms with Gasteiger partial charge in [-0.15, -0.1) is 0 Å². The zero-order valence-corrected chi connectivity index (χ0v) is 18.6. The molecule has 0 aliphatic rings. The third-order valence-electron chi connectivity index (χ3n) is 5.14. The molecule has 4 aromatic rings. The number of nitrogens with one attached hydrogen (secondary N) is 1. The average Bonchev–Trinajstić information content (AvgIpc) is 3.22. The van der Waals surface area contributed by atoms with Crippen LogP contribution in [0.3, 0.4) is 0 Å². The Bertz CT molecular complexity index is 1180. The van der Waals surface area contributed by atoms with Crippen molar-refractivity contribution < 1.29 is 9.53 Å². The third-order valence-corrected chi connectivity index (χ3v) is 5.14. The first kappa shape index (κ1) is 21.4. The molecule has 1 N–H and O–H groups in total. The maximum absolute atomic E-state index is 12.7. The van der Waals surface area contributed by atoms with Crippen molar-refractivity contribution in [2.45, 2.75) is 26.2 Å². The number of nitrogens with zero attached hydrogens (tertiary/aromatic N) is 2. The summed E-state index contributed by atoms with van der Waals surface area (Å²) in [4.78, 5) is 12.7. The van der Waals surface area contributed by atoms with E-state index in [9.17, 15) is 4.79 Å². The number of para-hydroxylation sites is 1. The van der Waals surface area contributed by atoms with Crippen molar-refractivity contribution in [3.63, 3.8) is 0 Å². The SMILES string of the molecule is CC(C)(C)c1ccc(OCC(=O)Nc2cc(-c3ccccc3)nn2-c2ccccc2)cc1. The van der Waals surface area contributed by atoms with E-state index in [4.69, 9.17) is 9.84 Å². The number of benzene rings is 3. The minimum Gasteiger partial charge on any atom is -0.484 e. The van der Waals surface area contributed by atoms with Crippen LogP contribution >= 0.6 is 0 Å². The van der Waals surface area contributed by atoms with E-state index in [1.165, 1.54) is 5.56 Å². The molecule has 0 unspecified atom stereocenters. The van der Waals surface area contributed by atoms with Crippen LogP contribution in [0.1, 0.15) is 26.3 Å². The fraction of sp³-hybridized carbons (Fsp3) is 0.185. The number of amides is 1. The van der Waals surface area contributed by atoms with Gasteiger partial charge in [-0.3, -0.25) is 4.79 Å². The smallest absolute Gasteiger partial charge is 0.263 e. The highest BCUT2D eigenvalue weighted by atomic mass is 16.5. The Morgan fingerprint density at radius 2 is 1.53 bits per heavy atom. The van der Waals surface area contributed by atoms with Crippen LogP contribution in [0.2, 0.25) is 0 Å². The zero-order chi connectivity index (χ0) is 22.6. The van der Waals surface area contributed by atoms with Gasteiger partial charge in [-0.2, -0.15) is 5.10 Å². The summed E-state index contributed by atoms with van der Waals surface area (Å²) in [6.45, 7) is 6.40. The Morgan fingerprint density at radius 3 is 2.16 bits per heavy atom. The number of aromatic nitrogens is 2. The van der Waals surface area contributed by atoms with Gasteiger partial charge in [-0.05, 0) is 35.2 Å². The molecule has 3 aromatic carbocycles. The summed E-state index contributed by atoms with van der Waals surface area (Å²) in [5.74, 6) is 1.00. The summed E-state index contributed by atoms with van der Waals surface area (Å²) in [7, 11) is 0. The van der Waals surface area contributed by atoms with E-state index in [0.29, 0.717) is 11.6 Å². The van der Waals surface area contributed by atoms with Crippen LogP contribution in [0.25, 0.3) is 16.9 Å². The Morgan fingerprint density at radius 1 is 0.906 bits per heavy atom. The lowest BCUT2D eigenvalue weighted by atomic mass is 9.87. The normalized spacial score (nSPS) is 11.2. The van der Waals surface area contributed by atoms with E-state index < -0.39 is 0 Å². The average molecular weight is 426 g/mol. The Hall–Kier alpha value is -3.86. The first-order valence-electron chi connectivity index (χ1n) is 10.6. The molecular weight excluding hydrogens is 398 g/mol. The quantitative estimate of drug-likeness (QED) is 0.421. The highest BCUT2D eigenvalue weighted by Crippen LogP contribution is 2.26. The van der Waals surface area contributed by atoms with E-state index in [-0.39, 0.29) is 17.9 Å². The van der Waals surface area contributed by atoms with Crippen molar-refractivity contribution >= 4 is 11.7 Å². The van der Waals surface area contributed by atoms with E-state index >= 15 is 0 Å². The van der Waals surface area contributed by atoms with Crippen LogP contribution in [0.5, 0.6) is 5.75 Å². The standard InChI is InChI=1S/C27H27N3O2/c1-27(2,3)21-14-16-23(17-15-21)32-19-26(31)28-25-18-24(20-10-6-4-7-11-20)29-30(25)22-12-8-5-9-13-22/h4-18H,19H2,1-3H3,(H,28,31). The lowest BCUT2D eigenvalue weighted by molar-refractivity contribution is -0.118. The van der Waals surface area contributed by atoms with E-state index in [1.54, 1.807) is 4.68 Å².